The van der Waals surface area contributed by atoms with Crippen molar-refractivity contribution in [3.63, 3.8) is 0 Å². The number of anilines is 1. The Morgan fingerprint density at radius 1 is 1.19 bits per heavy atom. The molecule has 0 spiro atoms. The van der Waals surface area contributed by atoms with Crippen LogP contribution in [0.3, 0.4) is 0 Å². The monoisotopic (exact) mass is 476 g/mol. The van der Waals surface area contributed by atoms with E-state index < -0.39 is 0 Å². The van der Waals surface area contributed by atoms with Crippen molar-refractivity contribution in [3.8, 4) is 5.75 Å². The predicted octanol–water partition coefficient (Wildman–Crippen LogP) is 5.64. The van der Waals surface area contributed by atoms with Gasteiger partial charge in [0, 0.05) is 6.54 Å². The van der Waals surface area contributed by atoms with Crippen molar-refractivity contribution in [2.24, 2.45) is 0 Å². The van der Waals surface area contributed by atoms with Crippen LogP contribution in [0, 0.1) is 0 Å². The van der Waals surface area contributed by atoms with Crippen LogP contribution in [0.25, 0.3) is 0 Å². The third kappa shape index (κ3) is 6.26. The summed E-state index contributed by atoms with van der Waals surface area (Å²) >= 11 is 13.5. The van der Waals surface area contributed by atoms with E-state index in [2.05, 4.69) is 29.0 Å². The summed E-state index contributed by atoms with van der Waals surface area (Å²) in [5.41, 5.74) is 1.64. The lowest BCUT2D eigenvalue weighted by molar-refractivity contribution is -0.113. The van der Waals surface area contributed by atoms with E-state index in [0.717, 1.165) is 12.2 Å². The zero-order valence-corrected chi connectivity index (χ0v) is 19.3. The summed E-state index contributed by atoms with van der Waals surface area (Å²) in [6.07, 6.45) is 2.72. The molecule has 0 aliphatic rings. The third-order valence-electron chi connectivity index (χ3n) is 4.36. The fraction of sp³-hybridized carbons (Fsp3) is 0.227. The first kappa shape index (κ1) is 23.2. The number of nitrogens with one attached hydrogen (secondary N) is 1. The van der Waals surface area contributed by atoms with E-state index in [4.69, 9.17) is 27.9 Å². The van der Waals surface area contributed by atoms with E-state index in [-0.39, 0.29) is 18.3 Å². The minimum absolute atomic E-state index is 0.121. The molecule has 0 bridgehead atoms. The minimum atomic E-state index is -0.248. The summed E-state index contributed by atoms with van der Waals surface area (Å²) in [4.78, 5) is 12.4. The first-order valence-electron chi connectivity index (χ1n) is 9.63. The number of amides is 1. The van der Waals surface area contributed by atoms with Gasteiger partial charge in [0.25, 0.3) is 0 Å². The summed E-state index contributed by atoms with van der Waals surface area (Å²) in [7, 11) is 0. The molecule has 0 radical (unpaired) electrons. The molecule has 0 saturated heterocycles. The van der Waals surface area contributed by atoms with Gasteiger partial charge in [0.2, 0.25) is 5.91 Å². The Morgan fingerprint density at radius 3 is 2.55 bits per heavy atom. The summed E-state index contributed by atoms with van der Waals surface area (Å²) in [6.45, 7) is 6.66. The number of para-hydroxylation sites is 1. The second-order valence-corrected chi connectivity index (χ2v) is 8.27. The summed E-state index contributed by atoms with van der Waals surface area (Å²) < 4.78 is 7.72. The zero-order valence-electron chi connectivity index (χ0n) is 17.0. The van der Waals surface area contributed by atoms with Crippen molar-refractivity contribution >= 4 is 46.6 Å². The highest BCUT2D eigenvalue weighted by Gasteiger charge is 2.15. The molecule has 162 valence electrons. The maximum Gasteiger partial charge on any atom is 0.234 e. The molecule has 1 aromatic heterocycles. The van der Waals surface area contributed by atoms with E-state index in [1.54, 1.807) is 24.3 Å². The van der Waals surface area contributed by atoms with Crippen LogP contribution in [0.5, 0.6) is 5.75 Å². The number of carbonyl (C=O) groups excluding carboxylic acids is 1. The number of hydrogen-bond donors (Lipinski definition) is 1. The molecular weight excluding hydrogens is 455 g/mol. The lowest BCUT2D eigenvalue weighted by Crippen LogP contribution is -2.15. The van der Waals surface area contributed by atoms with E-state index in [0.29, 0.717) is 33.3 Å². The summed E-state index contributed by atoms with van der Waals surface area (Å²) in [5.74, 6) is 1.28. The van der Waals surface area contributed by atoms with Gasteiger partial charge in [0.05, 0.1) is 21.5 Å². The Kier molecular flexibility index (Phi) is 8.40. The molecule has 0 unspecified atom stereocenters. The molecule has 0 fully saturated rings. The van der Waals surface area contributed by atoms with Crippen LogP contribution < -0.4 is 10.1 Å². The van der Waals surface area contributed by atoms with Crippen molar-refractivity contribution in [2.45, 2.75) is 31.7 Å². The molecule has 9 heteroatoms. The fourth-order valence-corrected chi connectivity index (χ4v) is 4.00. The van der Waals surface area contributed by atoms with Gasteiger partial charge in [-0.1, -0.05) is 66.2 Å². The molecule has 1 N–H and O–H groups in total. The summed E-state index contributed by atoms with van der Waals surface area (Å²) in [6, 6.07) is 13.0. The lowest BCUT2D eigenvalue weighted by atomic mass is 10.2. The van der Waals surface area contributed by atoms with Crippen molar-refractivity contribution in [1.82, 2.24) is 14.8 Å². The molecule has 31 heavy (non-hydrogen) atoms. The molecule has 1 amide bonds. The number of aryl methyl sites for hydroxylation is 1. The predicted molar refractivity (Wildman–Crippen MR) is 126 cm³/mol. The van der Waals surface area contributed by atoms with Gasteiger partial charge in [-0.3, -0.25) is 9.36 Å². The maximum atomic E-state index is 12.4. The van der Waals surface area contributed by atoms with Crippen molar-refractivity contribution < 1.29 is 9.53 Å². The van der Waals surface area contributed by atoms with Crippen LogP contribution >= 0.6 is 35.0 Å². The molecule has 0 aliphatic heterocycles. The van der Waals surface area contributed by atoms with Gasteiger partial charge < -0.3 is 10.1 Å². The zero-order chi connectivity index (χ0) is 22.2. The van der Waals surface area contributed by atoms with Gasteiger partial charge in [-0.2, -0.15) is 0 Å². The molecule has 0 atom stereocenters. The van der Waals surface area contributed by atoms with Gasteiger partial charge in [-0.25, -0.2) is 0 Å². The molecule has 2 aromatic carbocycles. The number of ether oxygens (including phenoxy) is 1. The number of nitrogens with zero attached hydrogens (tertiary/aromatic N) is 3. The van der Waals surface area contributed by atoms with Crippen LogP contribution in [-0.2, 0) is 24.4 Å². The molecule has 3 rings (SSSR count). The SMILES string of the molecule is C=CCn1c(COc2ccc(CC)cc2)nnc1SCC(=O)Nc1c(Cl)cccc1Cl. The van der Waals surface area contributed by atoms with Crippen LogP contribution in [0.1, 0.15) is 18.3 Å². The smallest absolute Gasteiger partial charge is 0.234 e. The number of aromatic nitrogens is 3. The van der Waals surface area contributed by atoms with Gasteiger partial charge in [0.15, 0.2) is 11.0 Å². The van der Waals surface area contributed by atoms with Crippen molar-refractivity contribution in [2.75, 3.05) is 11.1 Å². The van der Waals surface area contributed by atoms with Crippen LogP contribution in [0.2, 0.25) is 10.0 Å². The Bertz CT molecular complexity index is 1030. The minimum Gasteiger partial charge on any atom is -0.486 e. The molecule has 0 aliphatic carbocycles. The molecule has 3 aromatic rings. The van der Waals surface area contributed by atoms with E-state index in [1.807, 2.05) is 28.8 Å². The second kappa shape index (κ2) is 11.2. The van der Waals surface area contributed by atoms with Crippen molar-refractivity contribution in [1.29, 1.82) is 0 Å². The fourth-order valence-electron chi connectivity index (χ4n) is 2.74. The van der Waals surface area contributed by atoms with Crippen LogP contribution in [-0.4, -0.2) is 26.4 Å². The van der Waals surface area contributed by atoms with Crippen LogP contribution in [0.15, 0.2) is 60.3 Å². The van der Waals surface area contributed by atoms with E-state index in [9.17, 15) is 4.79 Å². The lowest BCUT2D eigenvalue weighted by Gasteiger charge is -2.10. The Morgan fingerprint density at radius 2 is 1.90 bits per heavy atom. The average Bonchev–Trinajstić information content (AvgIpc) is 3.15. The number of benzene rings is 2. The van der Waals surface area contributed by atoms with Gasteiger partial charge in [0.1, 0.15) is 12.4 Å². The topological polar surface area (TPSA) is 69.0 Å². The molecule has 6 nitrogen and oxygen atoms in total. The second-order valence-electron chi connectivity index (χ2n) is 6.52. The highest BCUT2D eigenvalue weighted by Crippen LogP contribution is 2.30. The van der Waals surface area contributed by atoms with Gasteiger partial charge in [-0.05, 0) is 36.2 Å². The maximum absolute atomic E-state index is 12.4. The highest BCUT2D eigenvalue weighted by molar-refractivity contribution is 7.99. The van der Waals surface area contributed by atoms with Crippen molar-refractivity contribution in [3.05, 3.63) is 76.6 Å². The van der Waals surface area contributed by atoms with Gasteiger partial charge >= 0.3 is 0 Å². The van der Waals surface area contributed by atoms with Gasteiger partial charge in [-0.15, -0.1) is 16.8 Å². The quantitative estimate of drug-likeness (QED) is 0.302. The Labute approximate surface area is 195 Å². The Hall–Kier alpha value is -2.48. The van der Waals surface area contributed by atoms with Crippen LogP contribution in [0.4, 0.5) is 5.69 Å². The summed E-state index contributed by atoms with van der Waals surface area (Å²) in [5, 5.41) is 12.5. The molecular formula is C22H22Cl2N4O2S. The molecule has 1 heterocycles. The van der Waals surface area contributed by atoms with E-state index >= 15 is 0 Å². The number of thioether (sulfide) groups is 1. The third-order valence-corrected chi connectivity index (χ3v) is 5.96. The van der Waals surface area contributed by atoms with E-state index in [1.165, 1.54) is 17.3 Å². The number of allylic oxidation sites excluding steroid dienone is 1. The first-order chi connectivity index (χ1) is 15.0. The average molecular weight is 477 g/mol. The highest BCUT2D eigenvalue weighted by atomic mass is 35.5. The molecule has 0 saturated carbocycles. The number of rotatable bonds is 10. The largest absolute Gasteiger partial charge is 0.486 e. The first-order valence-corrected chi connectivity index (χ1v) is 11.4. The normalized spacial score (nSPS) is 10.7. The standard InChI is InChI=1S/C22H22Cl2N4O2S/c1-3-12-28-19(13-30-16-10-8-15(4-2)9-11-16)26-27-22(28)31-14-20(29)25-21-17(23)6-5-7-18(21)24/h3,5-11H,1,4,12-14H2,2H3,(H,25,29). The number of halogens is 2. The Balaban J connectivity index is 1.62. The number of hydrogen-bond acceptors (Lipinski definition) is 5. The number of carbonyl (C=O) groups is 1.